The van der Waals surface area contributed by atoms with Gasteiger partial charge < -0.3 is 15.7 Å². The van der Waals surface area contributed by atoms with E-state index in [1.807, 2.05) is 18.2 Å². The van der Waals surface area contributed by atoms with Crippen molar-refractivity contribution in [1.29, 1.82) is 0 Å². The number of aromatic nitrogens is 2. The molecule has 0 fully saturated rings. The molecular weight excluding hydrogens is 320 g/mol. The number of rotatable bonds is 5. The molecule has 0 saturated heterocycles. The fraction of sp³-hybridized carbons (Fsp3) is 0.0556. The lowest BCUT2D eigenvalue weighted by Crippen LogP contribution is -2.36. The number of anilines is 3. The van der Waals surface area contributed by atoms with Gasteiger partial charge in [0.1, 0.15) is 17.1 Å². The van der Waals surface area contributed by atoms with Crippen LogP contribution in [-0.4, -0.2) is 15.3 Å². The average molecular weight is 334 g/mol. The molecule has 124 valence electrons. The number of hydrogen-bond acceptors (Lipinski definition) is 6. The fourth-order valence-corrected chi connectivity index (χ4v) is 2.70. The number of fused-ring (bicyclic) bond motifs is 1. The number of benzene rings is 2. The van der Waals surface area contributed by atoms with Crippen molar-refractivity contribution in [1.82, 2.24) is 10.2 Å². The Balaban J connectivity index is 1.55. The summed E-state index contributed by atoms with van der Waals surface area (Å²) in [6.07, 6.45) is 1.68. The minimum atomic E-state index is -0.550. The molecule has 0 atom stereocenters. The molecule has 1 aromatic heterocycles. The first-order valence-electron chi connectivity index (χ1n) is 7.67. The zero-order valence-electron chi connectivity index (χ0n) is 13.0. The van der Waals surface area contributed by atoms with Gasteiger partial charge in [-0.25, -0.2) is 0 Å². The van der Waals surface area contributed by atoms with Gasteiger partial charge in [0.2, 0.25) is 0 Å². The highest BCUT2D eigenvalue weighted by molar-refractivity contribution is 5.85. The molecule has 0 saturated carbocycles. The van der Waals surface area contributed by atoms with Crippen LogP contribution in [0.15, 0.2) is 58.3 Å². The number of nitrogens with one attached hydrogen (secondary N) is 3. The van der Waals surface area contributed by atoms with E-state index < -0.39 is 10.9 Å². The van der Waals surface area contributed by atoms with E-state index in [1.54, 1.807) is 30.5 Å². The molecule has 4 N–H and O–H groups in total. The van der Waals surface area contributed by atoms with Gasteiger partial charge in [-0.15, -0.1) is 0 Å². The van der Waals surface area contributed by atoms with E-state index in [1.165, 1.54) is 0 Å². The highest BCUT2D eigenvalue weighted by atomic mass is 16.3. The Morgan fingerprint density at radius 1 is 1.04 bits per heavy atom. The summed E-state index contributed by atoms with van der Waals surface area (Å²) < 4.78 is 0. The van der Waals surface area contributed by atoms with Gasteiger partial charge in [0, 0.05) is 17.6 Å². The summed E-state index contributed by atoms with van der Waals surface area (Å²) in [7, 11) is 0. The van der Waals surface area contributed by atoms with E-state index in [-0.39, 0.29) is 17.1 Å². The maximum atomic E-state index is 11.9. The molecule has 0 unspecified atom stereocenters. The van der Waals surface area contributed by atoms with E-state index in [2.05, 4.69) is 20.8 Å². The Kier molecular flexibility index (Phi) is 3.46. The predicted molar refractivity (Wildman–Crippen MR) is 96.2 cm³/mol. The van der Waals surface area contributed by atoms with Gasteiger partial charge >= 0.3 is 0 Å². The number of aromatic amines is 1. The highest BCUT2D eigenvalue weighted by Gasteiger charge is 2.20. The molecule has 7 nitrogen and oxygen atoms in total. The first-order chi connectivity index (χ1) is 12.1. The van der Waals surface area contributed by atoms with Gasteiger partial charge in [0.05, 0.1) is 11.7 Å². The quantitative estimate of drug-likeness (QED) is 0.417. The van der Waals surface area contributed by atoms with Crippen LogP contribution in [0.2, 0.25) is 0 Å². The Hall–Kier alpha value is -3.61. The van der Waals surface area contributed by atoms with Crippen molar-refractivity contribution in [2.45, 2.75) is 6.54 Å². The monoisotopic (exact) mass is 334 g/mol. The van der Waals surface area contributed by atoms with Crippen molar-refractivity contribution in [3.63, 3.8) is 0 Å². The number of aromatic hydroxyl groups is 1. The molecule has 0 aliphatic rings. The van der Waals surface area contributed by atoms with Gasteiger partial charge in [-0.3, -0.25) is 14.7 Å². The molecule has 25 heavy (non-hydrogen) atoms. The molecule has 3 aromatic carbocycles. The Morgan fingerprint density at radius 2 is 1.88 bits per heavy atom. The second kappa shape index (κ2) is 5.79. The molecule has 4 rings (SSSR count). The summed E-state index contributed by atoms with van der Waals surface area (Å²) in [6, 6.07) is 12.2. The molecule has 4 aromatic rings. The third-order valence-electron chi connectivity index (χ3n) is 4.00. The van der Waals surface area contributed by atoms with Crippen molar-refractivity contribution in [2.24, 2.45) is 0 Å². The van der Waals surface area contributed by atoms with E-state index >= 15 is 0 Å². The Bertz CT molecular complexity index is 1140. The van der Waals surface area contributed by atoms with Crippen molar-refractivity contribution >= 4 is 28.0 Å². The number of phenolic OH excluding ortho intramolecular Hbond substituents is 1. The second-order valence-corrected chi connectivity index (χ2v) is 5.73. The van der Waals surface area contributed by atoms with Crippen LogP contribution in [0.5, 0.6) is 5.75 Å². The largest absolute Gasteiger partial charge is 0.508 e. The smallest absolute Gasteiger partial charge is 0.253 e. The zero-order valence-corrected chi connectivity index (χ0v) is 13.0. The number of nitrogens with zero attached hydrogens (tertiary/aromatic N) is 1. The third-order valence-corrected chi connectivity index (χ3v) is 4.00. The maximum absolute atomic E-state index is 11.9. The van der Waals surface area contributed by atoms with Crippen LogP contribution in [0.3, 0.4) is 0 Å². The SMILES string of the molecule is O=c1c(NCc2cccc(O)c2)c(Nc2ccc3[nH]ncc3c2)c1=O. The molecule has 1 heterocycles. The standard InChI is InChI=1S/C18H14N4O3/c23-13-3-1-2-10(6-13)8-19-15-16(18(25)17(15)24)21-12-4-5-14-11(7-12)9-20-22-14/h1-7,9,19,21,23H,8H2,(H,20,22). The lowest BCUT2D eigenvalue weighted by atomic mass is 10.1. The summed E-state index contributed by atoms with van der Waals surface area (Å²) in [6.45, 7) is 0.328. The summed E-state index contributed by atoms with van der Waals surface area (Å²) in [5.41, 5.74) is 1.78. The van der Waals surface area contributed by atoms with Gasteiger partial charge in [-0.05, 0) is 35.9 Å². The van der Waals surface area contributed by atoms with Crippen LogP contribution in [0.1, 0.15) is 5.56 Å². The van der Waals surface area contributed by atoms with E-state index in [0.29, 0.717) is 12.2 Å². The van der Waals surface area contributed by atoms with Crippen molar-refractivity contribution in [3.05, 3.63) is 74.7 Å². The van der Waals surface area contributed by atoms with E-state index in [4.69, 9.17) is 0 Å². The van der Waals surface area contributed by atoms with Crippen molar-refractivity contribution < 1.29 is 5.11 Å². The van der Waals surface area contributed by atoms with Crippen LogP contribution in [-0.2, 0) is 6.54 Å². The topological polar surface area (TPSA) is 107 Å². The van der Waals surface area contributed by atoms with Gasteiger partial charge in [-0.2, -0.15) is 5.10 Å². The average Bonchev–Trinajstić information content (AvgIpc) is 3.08. The first-order valence-corrected chi connectivity index (χ1v) is 7.67. The molecular formula is C18H14N4O3. The summed E-state index contributed by atoms with van der Waals surface area (Å²) >= 11 is 0. The normalized spacial score (nSPS) is 11.0. The second-order valence-electron chi connectivity index (χ2n) is 5.73. The Labute approximate surface area is 141 Å². The lowest BCUT2D eigenvalue weighted by Gasteiger charge is -2.15. The highest BCUT2D eigenvalue weighted by Crippen LogP contribution is 2.24. The molecule has 0 radical (unpaired) electrons. The van der Waals surface area contributed by atoms with Crippen LogP contribution >= 0.6 is 0 Å². The fourth-order valence-electron chi connectivity index (χ4n) is 2.70. The van der Waals surface area contributed by atoms with Crippen LogP contribution < -0.4 is 21.5 Å². The van der Waals surface area contributed by atoms with Gasteiger partial charge in [0.15, 0.2) is 0 Å². The minimum Gasteiger partial charge on any atom is -0.508 e. The zero-order chi connectivity index (χ0) is 17.4. The van der Waals surface area contributed by atoms with Crippen molar-refractivity contribution in [2.75, 3.05) is 10.6 Å². The molecule has 0 amide bonds. The molecule has 7 heteroatoms. The first kappa shape index (κ1) is 14.9. The van der Waals surface area contributed by atoms with Crippen molar-refractivity contribution in [3.8, 4) is 5.75 Å². The predicted octanol–water partition coefficient (Wildman–Crippen LogP) is 2.22. The lowest BCUT2D eigenvalue weighted by molar-refractivity contribution is 0.474. The van der Waals surface area contributed by atoms with E-state index in [0.717, 1.165) is 16.5 Å². The van der Waals surface area contributed by atoms with Crippen LogP contribution in [0, 0.1) is 0 Å². The van der Waals surface area contributed by atoms with E-state index in [9.17, 15) is 14.7 Å². The van der Waals surface area contributed by atoms with Gasteiger partial charge in [-0.1, -0.05) is 12.1 Å². The van der Waals surface area contributed by atoms with Crippen LogP contribution in [0.25, 0.3) is 10.9 Å². The third kappa shape index (κ3) is 2.72. The molecule has 0 spiro atoms. The number of hydrogen-bond donors (Lipinski definition) is 4. The summed E-state index contributed by atoms with van der Waals surface area (Å²) in [5.74, 6) is 0.149. The Morgan fingerprint density at radius 3 is 2.72 bits per heavy atom. The van der Waals surface area contributed by atoms with Gasteiger partial charge in [0.25, 0.3) is 10.9 Å². The summed E-state index contributed by atoms with van der Waals surface area (Å²) in [5, 5.41) is 23.1. The molecule has 0 aliphatic carbocycles. The minimum absolute atomic E-state index is 0.149. The number of phenols is 1. The van der Waals surface area contributed by atoms with Crippen LogP contribution in [0.4, 0.5) is 17.1 Å². The summed E-state index contributed by atoms with van der Waals surface area (Å²) in [4.78, 5) is 23.7. The molecule has 0 aliphatic heterocycles. The number of H-pyrrole nitrogens is 1. The maximum Gasteiger partial charge on any atom is 0.253 e. The molecule has 0 bridgehead atoms.